The first-order valence-corrected chi connectivity index (χ1v) is 8.16. The number of ketones is 1. The number of amides is 1. The Morgan fingerprint density at radius 2 is 1.79 bits per heavy atom. The molecule has 24 heavy (non-hydrogen) atoms. The summed E-state index contributed by atoms with van der Waals surface area (Å²) >= 11 is 6.08. The molecule has 0 aliphatic carbocycles. The number of Topliss-reactive ketones (excluding diaryl/α,β-unsaturated/α-hetero) is 1. The molecule has 0 atom stereocenters. The molecule has 2 aromatic rings. The number of rotatable bonds is 7. The summed E-state index contributed by atoms with van der Waals surface area (Å²) in [4.78, 5) is 24.1. The smallest absolute Gasteiger partial charge is 0.224 e. The van der Waals surface area contributed by atoms with E-state index in [0.29, 0.717) is 22.0 Å². The zero-order valence-corrected chi connectivity index (χ0v) is 14.5. The molecular weight excluding hydrogens is 326 g/mol. The fourth-order valence-electron chi connectivity index (χ4n) is 2.23. The second kappa shape index (κ2) is 8.50. The van der Waals surface area contributed by atoms with Crippen LogP contribution in [0.1, 0.15) is 35.7 Å². The molecule has 0 bridgehead atoms. The van der Waals surface area contributed by atoms with Crippen LogP contribution in [0.15, 0.2) is 42.5 Å². The number of nitrogens with one attached hydrogen (secondary N) is 1. The van der Waals surface area contributed by atoms with E-state index in [-0.39, 0.29) is 24.5 Å². The fourth-order valence-corrected chi connectivity index (χ4v) is 2.45. The minimum atomic E-state index is -0.249. The molecule has 0 fully saturated rings. The highest BCUT2D eigenvalue weighted by molar-refractivity contribution is 6.33. The quantitative estimate of drug-likeness (QED) is 0.751. The topological polar surface area (TPSA) is 55.4 Å². The van der Waals surface area contributed by atoms with E-state index in [2.05, 4.69) is 12.2 Å². The molecule has 0 saturated heterocycles. The standard InChI is InChI=1S/C19H20ClNO3/c1-3-13-4-6-14(7-5-13)18(22)10-11-19(23)21-17-9-8-15(24-2)12-16(17)20/h4-9,12H,3,10-11H2,1-2H3,(H,21,23). The number of benzene rings is 2. The maximum atomic E-state index is 12.1. The van der Waals surface area contributed by atoms with E-state index in [1.54, 1.807) is 37.4 Å². The lowest BCUT2D eigenvalue weighted by Crippen LogP contribution is -2.13. The van der Waals surface area contributed by atoms with Crippen molar-refractivity contribution >= 4 is 29.0 Å². The summed E-state index contributed by atoms with van der Waals surface area (Å²) < 4.78 is 5.06. The molecule has 126 valence electrons. The highest BCUT2D eigenvalue weighted by Gasteiger charge is 2.11. The molecule has 0 heterocycles. The molecule has 5 heteroatoms. The van der Waals surface area contributed by atoms with Crippen LogP contribution < -0.4 is 10.1 Å². The summed E-state index contributed by atoms with van der Waals surface area (Å²) in [6, 6.07) is 12.5. The van der Waals surface area contributed by atoms with Crippen LogP contribution in [0.3, 0.4) is 0 Å². The van der Waals surface area contributed by atoms with Gasteiger partial charge in [0.25, 0.3) is 0 Å². The number of carbonyl (C=O) groups is 2. The van der Waals surface area contributed by atoms with Gasteiger partial charge in [-0.1, -0.05) is 42.8 Å². The zero-order chi connectivity index (χ0) is 17.5. The Labute approximate surface area is 146 Å². The van der Waals surface area contributed by atoms with Gasteiger partial charge in [0.1, 0.15) is 5.75 Å². The van der Waals surface area contributed by atoms with E-state index in [1.165, 1.54) is 5.56 Å². The van der Waals surface area contributed by atoms with Gasteiger partial charge in [-0.05, 0) is 24.1 Å². The number of aryl methyl sites for hydroxylation is 1. The highest BCUT2D eigenvalue weighted by atomic mass is 35.5. The number of ether oxygens (including phenoxy) is 1. The molecule has 0 radical (unpaired) electrons. The van der Waals surface area contributed by atoms with Gasteiger partial charge in [0.15, 0.2) is 5.78 Å². The molecule has 0 aliphatic rings. The first kappa shape index (κ1) is 18.0. The summed E-state index contributed by atoms with van der Waals surface area (Å²) in [6.07, 6.45) is 1.20. The second-order valence-corrected chi connectivity index (χ2v) is 5.77. The predicted octanol–water partition coefficient (Wildman–Crippen LogP) is 4.51. The number of carbonyl (C=O) groups excluding carboxylic acids is 2. The van der Waals surface area contributed by atoms with Crippen molar-refractivity contribution in [2.75, 3.05) is 12.4 Å². The minimum Gasteiger partial charge on any atom is -0.497 e. The molecule has 0 saturated carbocycles. The van der Waals surface area contributed by atoms with Gasteiger partial charge in [0, 0.05) is 24.5 Å². The normalized spacial score (nSPS) is 10.3. The van der Waals surface area contributed by atoms with Crippen molar-refractivity contribution in [2.45, 2.75) is 26.2 Å². The van der Waals surface area contributed by atoms with Crippen molar-refractivity contribution in [2.24, 2.45) is 0 Å². The fraction of sp³-hybridized carbons (Fsp3) is 0.263. The van der Waals surface area contributed by atoms with E-state index in [4.69, 9.17) is 16.3 Å². The third-order valence-corrected chi connectivity index (χ3v) is 4.03. The Balaban J connectivity index is 1.89. The average Bonchev–Trinajstić information content (AvgIpc) is 2.61. The summed E-state index contributed by atoms with van der Waals surface area (Å²) in [5, 5.41) is 3.10. The first-order chi connectivity index (χ1) is 11.5. The summed E-state index contributed by atoms with van der Waals surface area (Å²) in [7, 11) is 1.54. The molecule has 0 unspecified atom stereocenters. The minimum absolute atomic E-state index is 0.0476. The van der Waals surface area contributed by atoms with Gasteiger partial charge in [0.2, 0.25) is 5.91 Å². The molecule has 4 nitrogen and oxygen atoms in total. The molecule has 0 spiro atoms. The number of methoxy groups -OCH3 is 1. The number of halogens is 1. The largest absolute Gasteiger partial charge is 0.497 e. The van der Waals surface area contributed by atoms with E-state index in [9.17, 15) is 9.59 Å². The lowest BCUT2D eigenvalue weighted by Gasteiger charge is -2.08. The van der Waals surface area contributed by atoms with Gasteiger partial charge in [-0.15, -0.1) is 0 Å². The first-order valence-electron chi connectivity index (χ1n) is 7.79. The summed E-state index contributed by atoms with van der Waals surface area (Å²) in [5.41, 5.74) is 2.31. The molecule has 0 aliphatic heterocycles. The summed E-state index contributed by atoms with van der Waals surface area (Å²) in [5.74, 6) is 0.318. The van der Waals surface area contributed by atoms with E-state index < -0.39 is 0 Å². The van der Waals surface area contributed by atoms with Gasteiger partial charge in [-0.2, -0.15) is 0 Å². The zero-order valence-electron chi connectivity index (χ0n) is 13.8. The Kier molecular flexibility index (Phi) is 6.38. The Morgan fingerprint density at radius 1 is 1.08 bits per heavy atom. The average molecular weight is 346 g/mol. The number of hydrogen-bond acceptors (Lipinski definition) is 3. The highest BCUT2D eigenvalue weighted by Crippen LogP contribution is 2.26. The van der Waals surface area contributed by atoms with Gasteiger partial charge in [-0.3, -0.25) is 9.59 Å². The molecule has 1 N–H and O–H groups in total. The molecule has 2 rings (SSSR count). The SMILES string of the molecule is CCc1ccc(C(=O)CCC(=O)Nc2ccc(OC)cc2Cl)cc1. The van der Waals surface area contributed by atoms with Crippen molar-refractivity contribution in [3.63, 3.8) is 0 Å². The molecule has 2 aromatic carbocycles. The van der Waals surface area contributed by atoms with Crippen LogP contribution in [-0.4, -0.2) is 18.8 Å². The van der Waals surface area contributed by atoms with Gasteiger partial charge < -0.3 is 10.1 Å². The molecule has 0 aromatic heterocycles. The number of anilines is 1. The maximum Gasteiger partial charge on any atom is 0.224 e. The third-order valence-electron chi connectivity index (χ3n) is 3.71. The van der Waals surface area contributed by atoms with Crippen molar-refractivity contribution in [1.29, 1.82) is 0 Å². The van der Waals surface area contributed by atoms with Crippen LogP contribution >= 0.6 is 11.6 Å². The maximum absolute atomic E-state index is 12.1. The Hall–Kier alpha value is -2.33. The van der Waals surface area contributed by atoms with E-state index in [0.717, 1.165) is 6.42 Å². The predicted molar refractivity (Wildman–Crippen MR) is 96.0 cm³/mol. The van der Waals surface area contributed by atoms with Crippen LogP contribution in [0.5, 0.6) is 5.75 Å². The second-order valence-electron chi connectivity index (χ2n) is 5.37. The van der Waals surface area contributed by atoms with Crippen molar-refractivity contribution < 1.29 is 14.3 Å². The summed E-state index contributed by atoms with van der Waals surface area (Å²) in [6.45, 7) is 2.06. The lowest BCUT2D eigenvalue weighted by molar-refractivity contribution is -0.116. The number of hydrogen-bond donors (Lipinski definition) is 1. The van der Waals surface area contributed by atoms with Crippen molar-refractivity contribution in [3.8, 4) is 5.75 Å². The molecule has 1 amide bonds. The van der Waals surface area contributed by atoms with Crippen LogP contribution in [0.2, 0.25) is 5.02 Å². The van der Waals surface area contributed by atoms with Gasteiger partial charge in [-0.25, -0.2) is 0 Å². The Bertz CT molecular complexity index is 726. The van der Waals surface area contributed by atoms with E-state index >= 15 is 0 Å². The van der Waals surface area contributed by atoms with Crippen LogP contribution in [0.25, 0.3) is 0 Å². The third kappa shape index (κ3) is 4.83. The van der Waals surface area contributed by atoms with E-state index in [1.807, 2.05) is 12.1 Å². The van der Waals surface area contributed by atoms with Gasteiger partial charge in [0.05, 0.1) is 17.8 Å². The van der Waals surface area contributed by atoms with Crippen LogP contribution in [0.4, 0.5) is 5.69 Å². The Morgan fingerprint density at radius 3 is 2.38 bits per heavy atom. The van der Waals surface area contributed by atoms with Crippen LogP contribution in [0, 0.1) is 0 Å². The van der Waals surface area contributed by atoms with Crippen molar-refractivity contribution in [3.05, 3.63) is 58.6 Å². The van der Waals surface area contributed by atoms with Crippen LogP contribution in [-0.2, 0) is 11.2 Å². The van der Waals surface area contributed by atoms with Crippen molar-refractivity contribution in [1.82, 2.24) is 0 Å². The lowest BCUT2D eigenvalue weighted by atomic mass is 10.0. The van der Waals surface area contributed by atoms with Gasteiger partial charge >= 0.3 is 0 Å². The molecular formula is C19H20ClNO3. The monoisotopic (exact) mass is 345 g/mol.